The first-order valence-electron chi connectivity index (χ1n) is 9.55. The van der Waals surface area contributed by atoms with Crippen molar-refractivity contribution < 1.29 is 19.5 Å². The van der Waals surface area contributed by atoms with E-state index in [1.807, 2.05) is 38.1 Å². The average Bonchev–Trinajstić information content (AvgIpc) is 3.13. The van der Waals surface area contributed by atoms with Gasteiger partial charge in [0.25, 0.3) is 5.91 Å². The van der Waals surface area contributed by atoms with Gasteiger partial charge in [0.05, 0.1) is 17.4 Å². The Morgan fingerprint density at radius 1 is 1.03 bits per heavy atom. The van der Waals surface area contributed by atoms with Crippen molar-refractivity contribution in [3.8, 4) is 0 Å². The highest BCUT2D eigenvalue weighted by Gasteiger charge is 2.34. The predicted octanol–water partition coefficient (Wildman–Crippen LogP) is 4.73. The van der Waals surface area contributed by atoms with E-state index in [9.17, 15) is 19.5 Å². The van der Waals surface area contributed by atoms with Crippen molar-refractivity contribution in [2.45, 2.75) is 32.6 Å². The molecule has 29 heavy (non-hydrogen) atoms. The highest BCUT2D eigenvalue weighted by Crippen LogP contribution is 2.35. The molecule has 1 aliphatic carbocycles. The lowest BCUT2D eigenvalue weighted by molar-refractivity contribution is -0.146. The molecule has 1 aromatic carbocycles. The summed E-state index contributed by atoms with van der Waals surface area (Å²) < 4.78 is 0. The van der Waals surface area contributed by atoms with Crippen molar-refractivity contribution in [3.05, 3.63) is 59.0 Å². The van der Waals surface area contributed by atoms with E-state index in [0.717, 1.165) is 4.88 Å². The largest absolute Gasteiger partial charge is 0.481 e. The van der Waals surface area contributed by atoms with E-state index in [-0.39, 0.29) is 17.7 Å². The molecule has 6 nitrogen and oxygen atoms in total. The van der Waals surface area contributed by atoms with E-state index in [4.69, 9.17) is 0 Å². The maximum Gasteiger partial charge on any atom is 0.307 e. The number of hydrogen-bond donors (Lipinski definition) is 3. The van der Waals surface area contributed by atoms with Crippen LogP contribution in [0.4, 0.5) is 10.7 Å². The lowest BCUT2D eigenvalue weighted by Crippen LogP contribution is -2.34. The van der Waals surface area contributed by atoms with Gasteiger partial charge in [-0.3, -0.25) is 14.4 Å². The second kappa shape index (κ2) is 9.05. The van der Waals surface area contributed by atoms with Crippen molar-refractivity contribution in [2.24, 2.45) is 11.8 Å². The van der Waals surface area contributed by atoms with Crippen LogP contribution in [-0.4, -0.2) is 22.9 Å². The average molecular weight is 413 g/mol. The molecule has 2 amide bonds. The van der Waals surface area contributed by atoms with Crippen molar-refractivity contribution >= 4 is 39.8 Å². The summed E-state index contributed by atoms with van der Waals surface area (Å²) in [4.78, 5) is 38.2. The molecule has 0 aliphatic heterocycles. The number of anilines is 2. The zero-order valence-electron chi connectivity index (χ0n) is 16.3. The van der Waals surface area contributed by atoms with Crippen LogP contribution in [0.5, 0.6) is 0 Å². The summed E-state index contributed by atoms with van der Waals surface area (Å²) in [5.41, 5.74) is 1.05. The van der Waals surface area contributed by atoms with Gasteiger partial charge >= 0.3 is 5.97 Å². The van der Waals surface area contributed by atoms with Crippen molar-refractivity contribution in [2.75, 3.05) is 10.6 Å². The summed E-state index contributed by atoms with van der Waals surface area (Å²) in [7, 11) is 0. The molecule has 0 saturated heterocycles. The third kappa shape index (κ3) is 4.92. The Hall–Kier alpha value is -2.93. The molecule has 152 valence electrons. The molecule has 0 spiro atoms. The molecule has 0 saturated carbocycles. The molecule has 0 fully saturated rings. The van der Waals surface area contributed by atoms with Gasteiger partial charge in [0.1, 0.15) is 5.00 Å². The zero-order chi connectivity index (χ0) is 21.0. The second-order valence-corrected chi connectivity index (χ2v) is 8.43. The van der Waals surface area contributed by atoms with E-state index in [0.29, 0.717) is 29.1 Å². The number of carboxylic acids is 1. The molecule has 2 aromatic rings. The molecule has 3 rings (SSSR count). The van der Waals surface area contributed by atoms with Crippen LogP contribution in [0.2, 0.25) is 0 Å². The van der Waals surface area contributed by atoms with Crippen LogP contribution >= 0.6 is 11.3 Å². The Bertz CT molecular complexity index is 934. The minimum atomic E-state index is -0.981. The summed E-state index contributed by atoms with van der Waals surface area (Å²) in [6, 6.07) is 10.9. The number of allylic oxidation sites excluding steroid dienone is 2. The fourth-order valence-electron chi connectivity index (χ4n) is 3.26. The van der Waals surface area contributed by atoms with E-state index in [1.54, 1.807) is 24.3 Å². The van der Waals surface area contributed by atoms with Gasteiger partial charge in [0, 0.05) is 10.6 Å². The maximum atomic E-state index is 12.9. The number of carboxylic acid groups (broad SMARTS) is 1. The SMILES string of the molecule is CC(C)c1cc(C(=O)Nc2ccccc2)c(NC(=O)C2CC=CCC2C(=O)O)s1. The number of carbonyl (C=O) groups excluding carboxylic acids is 2. The number of aliphatic carboxylic acids is 1. The maximum absolute atomic E-state index is 12.9. The highest BCUT2D eigenvalue weighted by atomic mass is 32.1. The predicted molar refractivity (Wildman–Crippen MR) is 114 cm³/mol. The molecule has 1 aromatic heterocycles. The molecule has 0 bridgehead atoms. The first-order chi connectivity index (χ1) is 13.9. The topological polar surface area (TPSA) is 95.5 Å². The van der Waals surface area contributed by atoms with E-state index >= 15 is 0 Å². The Balaban J connectivity index is 1.84. The van der Waals surface area contributed by atoms with Gasteiger partial charge in [-0.05, 0) is 37.0 Å². The van der Waals surface area contributed by atoms with E-state index < -0.39 is 17.8 Å². The second-order valence-electron chi connectivity index (χ2n) is 7.35. The van der Waals surface area contributed by atoms with E-state index in [2.05, 4.69) is 10.6 Å². The first-order valence-corrected chi connectivity index (χ1v) is 10.4. The van der Waals surface area contributed by atoms with Crippen LogP contribution in [0.1, 0.15) is 47.8 Å². The molecule has 1 heterocycles. The lowest BCUT2D eigenvalue weighted by Gasteiger charge is -2.24. The van der Waals surface area contributed by atoms with E-state index in [1.165, 1.54) is 11.3 Å². The first kappa shape index (κ1) is 20.8. The van der Waals surface area contributed by atoms with Crippen molar-refractivity contribution in [3.63, 3.8) is 0 Å². The summed E-state index contributed by atoms with van der Waals surface area (Å²) >= 11 is 1.35. The van der Waals surface area contributed by atoms with Crippen molar-refractivity contribution in [1.29, 1.82) is 0 Å². The smallest absolute Gasteiger partial charge is 0.307 e. The standard InChI is InChI=1S/C22H24N2O4S/c1-13(2)18-12-17(20(26)23-14-8-4-3-5-9-14)21(29-18)24-19(25)15-10-6-7-11-16(15)22(27)28/h3-9,12-13,15-16H,10-11H2,1-2H3,(H,23,26)(H,24,25)(H,27,28). The van der Waals surface area contributed by atoms with Gasteiger partial charge in [-0.15, -0.1) is 11.3 Å². The van der Waals surface area contributed by atoms with Crippen LogP contribution in [0.3, 0.4) is 0 Å². The zero-order valence-corrected chi connectivity index (χ0v) is 17.2. The van der Waals surface area contributed by atoms with Gasteiger partial charge in [0.2, 0.25) is 5.91 Å². The van der Waals surface area contributed by atoms with Crippen LogP contribution in [-0.2, 0) is 9.59 Å². The summed E-state index contributed by atoms with van der Waals surface area (Å²) in [6.45, 7) is 4.03. The van der Waals surface area contributed by atoms with Crippen LogP contribution in [0.25, 0.3) is 0 Å². The normalized spacial score (nSPS) is 18.4. The van der Waals surface area contributed by atoms with Crippen LogP contribution in [0, 0.1) is 11.8 Å². The van der Waals surface area contributed by atoms with Gasteiger partial charge in [-0.25, -0.2) is 0 Å². The third-order valence-electron chi connectivity index (χ3n) is 4.92. The minimum absolute atomic E-state index is 0.193. The number of carbonyl (C=O) groups is 3. The van der Waals surface area contributed by atoms with Crippen LogP contribution < -0.4 is 10.6 Å². The molecular weight excluding hydrogens is 388 g/mol. The van der Waals surface area contributed by atoms with Crippen LogP contribution in [0.15, 0.2) is 48.6 Å². The fourth-order valence-corrected chi connectivity index (χ4v) is 4.32. The molecule has 2 atom stereocenters. The molecule has 3 N–H and O–H groups in total. The lowest BCUT2D eigenvalue weighted by atomic mass is 9.82. The molecule has 1 aliphatic rings. The Labute approximate surface area is 173 Å². The highest BCUT2D eigenvalue weighted by molar-refractivity contribution is 7.16. The van der Waals surface area contributed by atoms with Gasteiger partial charge < -0.3 is 15.7 Å². The summed E-state index contributed by atoms with van der Waals surface area (Å²) in [6.07, 6.45) is 4.33. The molecule has 0 radical (unpaired) electrons. The number of nitrogens with one attached hydrogen (secondary N) is 2. The summed E-state index contributed by atoms with van der Waals surface area (Å²) in [5.74, 6) is -2.89. The third-order valence-corrected chi connectivity index (χ3v) is 6.27. The van der Waals surface area contributed by atoms with Gasteiger partial charge in [-0.1, -0.05) is 44.2 Å². The number of benzene rings is 1. The van der Waals surface area contributed by atoms with Gasteiger partial charge in [-0.2, -0.15) is 0 Å². The monoisotopic (exact) mass is 412 g/mol. The quantitative estimate of drug-likeness (QED) is 0.598. The number of para-hydroxylation sites is 1. The molecule has 2 unspecified atom stereocenters. The minimum Gasteiger partial charge on any atom is -0.481 e. The van der Waals surface area contributed by atoms with Gasteiger partial charge in [0.15, 0.2) is 0 Å². The number of amides is 2. The number of thiophene rings is 1. The number of hydrogen-bond acceptors (Lipinski definition) is 4. The van der Waals surface area contributed by atoms with Crippen molar-refractivity contribution in [1.82, 2.24) is 0 Å². The summed E-state index contributed by atoms with van der Waals surface area (Å²) in [5, 5.41) is 15.6. The Kier molecular flexibility index (Phi) is 6.49. The Morgan fingerprint density at radius 3 is 2.31 bits per heavy atom. The number of rotatable bonds is 6. The Morgan fingerprint density at radius 2 is 1.69 bits per heavy atom. The fraction of sp³-hybridized carbons (Fsp3) is 0.318. The molecular formula is C22H24N2O4S. The molecule has 7 heteroatoms.